The number of hydrogen-bond donors (Lipinski definition) is 0. The maximum Gasteiger partial charge on any atom is 0.435 e. The number of rotatable bonds is 3. The van der Waals surface area contributed by atoms with Gasteiger partial charge in [-0.05, 0) is 59.4 Å². The van der Waals surface area contributed by atoms with Gasteiger partial charge in [-0.2, -0.15) is 18.3 Å². The number of hydrogen-bond acceptors (Lipinski definition) is 3. The maximum absolute atomic E-state index is 13.7. The molecule has 1 amide bonds. The summed E-state index contributed by atoms with van der Waals surface area (Å²) in [6.45, 7) is 8.43. The fourth-order valence-corrected chi connectivity index (χ4v) is 4.24. The van der Waals surface area contributed by atoms with Gasteiger partial charge in [0.05, 0.1) is 11.6 Å². The Balaban J connectivity index is 1.96. The number of nitrogens with zero attached hydrogens (tertiary/aromatic N) is 4. The molecule has 0 aliphatic carbocycles. The molecular formula is C19H29F3N4O. The minimum Gasteiger partial charge on any atom is -0.339 e. The van der Waals surface area contributed by atoms with E-state index in [9.17, 15) is 18.0 Å². The van der Waals surface area contributed by atoms with Gasteiger partial charge >= 0.3 is 6.18 Å². The summed E-state index contributed by atoms with van der Waals surface area (Å²) >= 11 is 0. The zero-order chi connectivity index (χ0) is 19.8. The number of piperidine rings is 2. The van der Waals surface area contributed by atoms with Crippen molar-refractivity contribution in [3.63, 3.8) is 0 Å². The molecule has 1 atom stereocenters. The summed E-state index contributed by atoms with van der Waals surface area (Å²) in [6, 6.07) is 0.199. The van der Waals surface area contributed by atoms with Gasteiger partial charge in [-0.15, -0.1) is 0 Å². The van der Waals surface area contributed by atoms with Crippen LogP contribution in [0.25, 0.3) is 0 Å². The average Bonchev–Trinajstić information content (AvgIpc) is 2.99. The van der Waals surface area contributed by atoms with Crippen molar-refractivity contribution in [2.45, 2.75) is 71.1 Å². The second-order valence-electron chi connectivity index (χ2n) is 7.99. The Bertz CT molecular complexity index is 677. The van der Waals surface area contributed by atoms with Crippen LogP contribution in [0.5, 0.6) is 0 Å². The molecule has 1 aromatic rings. The number of likely N-dealkylation sites (tertiary alicyclic amines) is 2. The van der Waals surface area contributed by atoms with Crippen LogP contribution < -0.4 is 0 Å². The van der Waals surface area contributed by atoms with Gasteiger partial charge in [-0.1, -0.05) is 0 Å². The lowest BCUT2D eigenvalue weighted by Gasteiger charge is -2.36. The minimum atomic E-state index is -4.64. The zero-order valence-corrected chi connectivity index (χ0v) is 16.3. The molecule has 0 saturated carbocycles. The van der Waals surface area contributed by atoms with Crippen LogP contribution in [0.15, 0.2) is 0 Å². The summed E-state index contributed by atoms with van der Waals surface area (Å²) in [4.78, 5) is 16.7. The van der Waals surface area contributed by atoms with Crippen molar-refractivity contribution in [1.29, 1.82) is 0 Å². The first-order valence-corrected chi connectivity index (χ1v) is 9.89. The van der Waals surface area contributed by atoms with E-state index in [-0.39, 0.29) is 11.6 Å². The molecule has 8 heteroatoms. The van der Waals surface area contributed by atoms with Crippen LogP contribution >= 0.6 is 0 Å². The van der Waals surface area contributed by atoms with Crippen molar-refractivity contribution < 1.29 is 18.0 Å². The first-order chi connectivity index (χ1) is 12.7. The SMILES string of the molecule is Cc1c(C(=O)N2CCCCC2)c(C(F)(F)F)nn1[C@H]1CCCN(C(C)C)C1. The number of aromatic nitrogens is 2. The normalized spacial score (nSPS) is 22.5. The predicted molar refractivity (Wildman–Crippen MR) is 96.7 cm³/mol. The molecular weight excluding hydrogens is 357 g/mol. The molecule has 3 heterocycles. The zero-order valence-electron chi connectivity index (χ0n) is 16.3. The molecule has 2 aliphatic rings. The van der Waals surface area contributed by atoms with Crippen LogP contribution in [-0.2, 0) is 6.18 Å². The third-order valence-electron chi connectivity index (χ3n) is 5.78. The first kappa shape index (κ1) is 20.2. The van der Waals surface area contributed by atoms with Gasteiger partial charge in [-0.3, -0.25) is 14.4 Å². The summed E-state index contributed by atoms with van der Waals surface area (Å²) in [5.74, 6) is -0.526. The van der Waals surface area contributed by atoms with E-state index >= 15 is 0 Å². The molecule has 3 rings (SSSR count). The Kier molecular flexibility index (Phi) is 5.84. The van der Waals surface area contributed by atoms with E-state index in [1.165, 1.54) is 4.68 Å². The van der Waals surface area contributed by atoms with Crippen molar-refractivity contribution >= 4 is 5.91 Å². The van der Waals surface area contributed by atoms with E-state index in [0.717, 1.165) is 38.6 Å². The quantitative estimate of drug-likeness (QED) is 0.792. The van der Waals surface area contributed by atoms with Gasteiger partial charge in [0.15, 0.2) is 5.69 Å². The van der Waals surface area contributed by atoms with Gasteiger partial charge in [0, 0.05) is 31.4 Å². The van der Waals surface area contributed by atoms with Crippen LogP contribution in [0.4, 0.5) is 13.2 Å². The largest absolute Gasteiger partial charge is 0.435 e. The summed E-state index contributed by atoms with van der Waals surface area (Å²) in [5.41, 5.74) is -0.947. The fourth-order valence-electron chi connectivity index (χ4n) is 4.24. The van der Waals surface area contributed by atoms with Crippen LogP contribution in [0.1, 0.15) is 73.7 Å². The van der Waals surface area contributed by atoms with Crippen LogP contribution in [0.2, 0.25) is 0 Å². The highest BCUT2D eigenvalue weighted by molar-refractivity contribution is 5.96. The second-order valence-corrected chi connectivity index (χ2v) is 7.99. The monoisotopic (exact) mass is 386 g/mol. The predicted octanol–water partition coefficient (Wildman–Crippen LogP) is 3.88. The van der Waals surface area contributed by atoms with Crippen molar-refractivity contribution in [3.8, 4) is 0 Å². The third kappa shape index (κ3) is 4.15. The van der Waals surface area contributed by atoms with Crippen LogP contribution in [0.3, 0.4) is 0 Å². The minimum absolute atomic E-state index is 0.134. The molecule has 0 N–H and O–H groups in total. The Hall–Kier alpha value is -1.57. The Morgan fingerprint density at radius 1 is 1.11 bits per heavy atom. The van der Waals surface area contributed by atoms with Crippen molar-refractivity contribution in [2.24, 2.45) is 0 Å². The molecule has 0 unspecified atom stereocenters. The van der Waals surface area contributed by atoms with E-state index in [1.54, 1.807) is 11.8 Å². The molecule has 2 fully saturated rings. The number of halogens is 3. The smallest absolute Gasteiger partial charge is 0.339 e. The fraction of sp³-hybridized carbons (Fsp3) is 0.789. The Morgan fingerprint density at radius 2 is 1.78 bits per heavy atom. The van der Waals surface area contributed by atoms with E-state index in [0.29, 0.717) is 31.4 Å². The number of carbonyl (C=O) groups is 1. The van der Waals surface area contributed by atoms with Crippen LogP contribution in [0, 0.1) is 6.92 Å². The molecule has 0 aromatic carbocycles. The number of carbonyl (C=O) groups excluding carboxylic acids is 1. The summed E-state index contributed by atoms with van der Waals surface area (Å²) in [7, 11) is 0. The lowest BCUT2D eigenvalue weighted by Crippen LogP contribution is -2.41. The standard InChI is InChI=1S/C19H29F3N4O/c1-13(2)25-11-7-8-15(12-25)26-14(3)16(17(23-26)19(20,21)22)18(27)24-9-5-4-6-10-24/h13,15H,4-12H2,1-3H3/t15-/m0/s1. The van der Waals surface area contributed by atoms with Gasteiger partial charge in [0.2, 0.25) is 0 Å². The molecule has 1 aromatic heterocycles. The van der Waals surface area contributed by atoms with Crippen LogP contribution in [-0.4, -0.2) is 57.7 Å². The molecule has 0 bridgehead atoms. The van der Waals surface area contributed by atoms with Gasteiger partial charge in [0.1, 0.15) is 0 Å². The van der Waals surface area contributed by atoms with Crippen molar-refractivity contribution in [2.75, 3.05) is 26.2 Å². The van der Waals surface area contributed by atoms with Crippen molar-refractivity contribution in [1.82, 2.24) is 19.6 Å². The van der Waals surface area contributed by atoms with Gasteiger partial charge in [0.25, 0.3) is 5.91 Å². The Labute approximate surface area is 158 Å². The Morgan fingerprint density at radius 3 is 2.37 bits per heavy atom. The van der Waals surface area contributed by atoms with E-state index in [1.807, 2.05) is 0 Å². The highest BCUT2D eigenvalue weighted by atomic mass is 19.4. The van der Waals surface area contributed by atoms with E-state index in [2.05, 4.69) is 23.8 Å². The summed E-state index contributed by atoms with van der Waals surface area (Å²) in [6.07, 6.45) is -0.248. The van der Waals surface area contributed by atoms with Crippen molar-refractivity contribution in [3.05, 3.63) is 17.0 Å². The molecule has 2 saturated heterocycles. The highest BCUT2D eigenvalue weighted by Gasteiger charge is 2.43. The number of amides is 1. The number of alkyl halides is 3. The summed E-state index contributed by atoms with van der Waals surface area (Å²) in [5, 5.41) is 3.93. The molecule has 5 nitrogen and oxygen atoms in total. The topological polar surface area (TPSA) is 41.4 Å². The average molecular weight is 386 g/mol. The van der Waals surface area contributed by atoms with Gasteiger partial charge < -0.3 is 4.90 Å². The molecule has 152 valence electrons. The lowest BCUT2D eigenvalue weighted by atomic mass is 10.0. The molecule has 0 radical (unpaired) electrons. The molecule has 2 aliphatic heterocycles. The third-order valence-corrected chi connectivity index (χ3v) is 5.78. The maximum atomic E-state index is 13.7. The molecule has 0 spiro atoms. The van der Waals surface area contributed by atoms with E-state index < -0.39 is 17.8 Å². The molecule has 27 heavy (non-hydrogen) atoms. The van der Waals surface area contributed by atoms with Gasteiger partial charge in [-0.25, -0.2) is 0 Å². The summed E-state index contributed by atoms with van der Waals surface area (Å²) < 4.78 is 42.5. The second kappa shape index (κ2) is 7.81. The van der Waals surface area contributed by atoms with E-state index in [4.69, 9.17) is 0 Å². The highest BCUT2D eigenvalue weighted by Crippen LogP contribution is 2.36. The lowest BCUT2D eigenvalue weighted by molar-refractivity contribution is -0.142. The first-order valence-electron chi connectivity index (χ1n) is 9.89.